The molecule has 0 amide bonds. The summed E-state index contributed by atoms with van der Waals surface area (Å²) in [5, 5.41) is 13.3. The molecule has 0 radical (unpaired) electrons. The number of nitrogens with two attached hydrogens (primary N) is 1. The first-order valence-corrected chi connectivity index (χ1v) is 25.9. The van der Waals surface area contributed by atoms with Crippen molar-refractivity contribution in [2.75, 3.05) is 26.2 Å². The van der Waals surface area contributed by atoms with E-state index in [2.05, 4.69) is 77.4 Å². The fourth-order valence-corrected chi connectivity index (χ4v) is 18.1. The second-order valence-corrected chi connectivity index (χ2v) is 22.9. The first-order valence-electron chi connectivity index (χ1n) is 25.9. The van der Waals surface area contributed by atoms with Crippen LogP contribution >= 0.6 is 0 Å². The average Bonchev–Trinajstić information content (AvgIpc) is 4.01. The van der Waals surface area contributed by atoms with E-state index in [0.29, 0.717) is 79.2 Å². The molecular formula is C57H65N3O5. The maximum Gasteiger partial charge on any atom is 0.339 e. The summed E-state index contributed by atoms with van der Waals surface area (Å²) < 4.78 is 14.3. The number of piperidine rings is 2. The zero-order valence-corrected chi connectivity index (χ0v) is 38.2. The largest absolute Gasteiger partial charge is 0.509 e. The van der Waals surface area contributed by atoms with E-state index in [9.17, 15) is 9.90 Å². The number of ether oxygens (including phenoxy) is 2. The normalized spacial score (nSPS) is 41.8. The van der Waals surface area contributed by atoms with Crippen LogP contribution in [-0.4, -0.2) is 65.1 Å². The Morgan fingerprint density at radius 1 is 0.938 bits per heavy atom. The Kier molecular flexibility index (Phi) is 8.60. The van der Waals surface area contributed by atoms with E-state index >= 15 is 4.79 Å². The molecule has 9 heterocycles. The number of nitrogens with zero attached hydrogens (tertiary/aromatic N) is 2. The van der Waals surface area contributed by atoms with E-state index in [1.165, 1.54) is 47.1 Å². The molecule has 65 heavy (non-hydrogen) atoms. The highest BCUT2D eigenvalue weighted by atomic mass is 16.6. The molecule has 8 heteroatoms. The second-order valence-electron chi connectivity index (χ2n) is 22.9. The molecule has 2 saturated carbocycles. The molecule has 15 aliphatic rings. The lowest BCUT2D eigenvalue weighted by Crippen LogP contribution is -2.77. The highest BCUT2D eigenvalue weighted by molar-refractivity contribution is 6.00. The summed E-state index contributed by atoms with van der Waals surface area (Å²) in [6.07, 6.45) is 22.3. The Morgan fingerprint density at radius 3 is 2.66 bits per heavy atom. The van der Waals surface area contributed by atoms with Gasteiger partial charge in [-0.3, -0.25) is 9.69 Å². The topological polar surface area (TPSA) is 105 Å². The molecule has 15 bridgehead atoms. The lowest BCUT2D eigenvalue weighted by molar-refractivity contribution is -0.276. The van der Waals surface area contributed by atoms with Crippen LogP contribution in [-0.2, 0) is 39.1 Å². The number of carbonyl (C=O) groups is 2. The maximum absolute atomic E-state index is 16.2. The minimum absolute atomic E-state index is 0.146. The van der Waals surface area contributed by atoms with Gasteiger partial charge >= 0.3 is 11.9 Å². The number of hydrogen-bond acceptors (Lipinski definition) is 8. The number of carbonyl (C=O) groups excluding carboxylic acids is 2. The number of hydrogen-bond donors (Lipinski definition) is 2. The number of aliphatic hydroxyl groups excluding tert-OH is 1. The number of benzene rings is 2. The van der Waals surface area contributed by atoms with Crippen molar-refractivity contribution in [3.8, 4) is 0 Å². The van der Waals surface area contributed by atoms with Crippen molar-refractivity contribution in [3.63, 3.8) is 0 Å². The first kappa shape index (κ1) is 39.7. The molecule has 8 nitrogen and oxygen atoms in total. The Hall–Kier alpha value is -4.40. The molecule has 0 aromatic heterocycles. The standard InChI is InChI=1S/C57H65N3O5/c1-32-23-38-18-19-44-40-26-35-29-59(31-40)45(36-12-3-4-13-36)28-46(61)52-55-21-20-41-43-27-39(48(32)50(41)51(38)60(44)30-35)25-34-11-6-10-33(24-34)9-2-5-17-47(56(43,55)54(63)64-52)57(55)42-16-7-14-37(15-8-22-58)49(42)53(62)65-57/h6-7,10-11,14,16,18-19,24,27,32,35-36,40,44-45,47-48,50,61H,2-5,8-9,12-13,15,17,20-23,25-26,28-31,58H2,1H3/b52-46+/t32-,35+,40-,44-,45+,47-,48-,50+,55+,56-,57+/m0/s1. The summed E-state index contributed by atoms with van der Waals surface area (Å²) in [4.78, 5) is 36.8. The van der Waals surface area contributed by atoms with E-state index in [-0.39, 0.29) is 35.6 Å². The number of aliphatic hydroxyl groups is 1. The number of rotatable bonds is 4. The molecule has 2 aromatic rings. The van der Waals surface area contributed by atoms with Gasteiger partial charge < -0.3 is 25.2 Å². The average molecular weight is 872 g/mol. The van der Waals surface area contributed by atoms with Crippen molar-refractivity contribution in [3.05, 3.63) is 128 Å². The van der Waals surface area contributed by atoms with Gasteiger partial charge in [0.1, 0.15) is 11.2 Å². The van der Waals surface area contributed by atoms with Crippen molar-refractivity contribution in [2.24, 2.45) is 58.0 Å². The molecule has 3 N–H and O–H groups in total. The SMILES string of the molecule is C[C@H]1CC2=C3[C@@H]4C5=C6C=C(Cc7cccc(c7)CCCC[C@H]7[C@]68C(=O)O/C(=C(/O)C[C@H](C6CCCC6)N6C[C@H]9C[C@@H](C6)[C@H](C=C2)N3C9)[C@@]8(CC5)[C@]72OC(=O)c3c(CCCN)cccc32)[C@@H]41. The zero-order valence-electron chi connectivity index (χ0n) is 38.2. The summed E-state index contributed by atoms with van der Waals surface area (Å²) in [7, 11) is 0. The first-order chi connectivity index (χ1) is 31.8. The maximum atomic E-state index is 16.2. The van der Waals surface area contributed by atoms with E-state index in [1.807, 2.05) is 0 Å². The summed E-state index contributed by atoms with van der Waals surface area (Å²) in [6, 6.07) is 16.1. The van der Waals surface area contributed by atoms with Crippen LogP contribution in [0.3, 0.4) is 0 Å². The van der Waals surface area contributed by atoms with Gasteiger partial charge in [-0.25, -0.2) is 4.79 Å². The molecular weight excluding hydrogens is 807 g/mol. The lowest BCUT2D eigenvalue weighted by atomic mass is 9.29. The van der Waals surface area contributed by atoms with Crippen molar-refractivity contribution >= 4 is 11.9 Å². The third-order valence-electron chi connectivity index (χ3n) is 20.1. The summed E-state index contributed by atoms with van der Waals surface area (Å²) in [6.45, 7) is 6.14. The Bertz CT molecular complexity index is 2610. The van der Waals surface area contributed by atoms with E-state index in [4.69, 9.17) is 15.2 Å². The fraction of sp³-hybridized carbons (Fsp3) is 0.579. The Balaban J connectivity index is 1.08. The minimum Gasteiger partial charge on any atom is -0.509 e. The fourth-order valence-electron chi connectivity index (χ4n) is 18.1. The number of aryl methyl sites for hydroxylation is 2. The van der Waals surface area contributed by atoms with E-state index in [0.717, 1.165) is 94.1 Å². The number of fused-ring (bicyclic) bond motifs is 6. The molecule has 1 unspecified atom stereocenters. The minimum atomic E-state index is -1.17. The quantitative estimate of drug-likeness (QED) is 0.293. The van der Waals surface area contributed by atoms with Gasteiger partial charge in [0.15, 0.2) is 11.4 Å². The van der Waals surface area contributed by atoms with Crippen molar-refractivity contribution in [2.45, 2.75) is 127 Å². The van der Waals surface area contributed by atoms with Gasteiger partial charge in [0.05, 0.1) is 17.0 Å². The summed E-state index contributed by atoms with van der Waals surface area (Å²) >= 11 is 0. The smallest absolute Gasteiger partial charge is 0.339 e. The summed E-state index contributed by atoms with van der Waals surface area (Å²) in [5.41, 5.74) is 15.0. The Morgan fingerprint density at radius 2 is 1.78 bits per heavy atom. The van der Waals surface area contributed by atoms with Gasteiger partial charge in [0.25, 0.3) is 0 Å². The third kappa shape index (κ3) is 4.96. The number of esters is 2. The van der Waals surface area contributed by atoms with Gasteiger partial charge in [0.2, 0.25) is 0 Å². The van der Waals surface area contributed by atoms with Crippen molar-refractivity contribution in [1.29, 1.82) is 0 Å². The summed E-state index contributed by atoms with van der Waals surface area (Å²) in [5.74, 6) is 2.15. The molecule has 17 rings (SSSR count). The van der Waals surface area contributed by atoms with Crippen LogP contribution in [0.5, 0.6) is 0 Å². The highest BCUT2D eigenvalue weighted by Crippen LogP contribution is 2.87. The van der Waals surface area contributed by atoms with Gasteiger partial charge in [-0.2, -0.15) is 0 Å². The zero-order chi connectivity index (χ0) is 43.6. The van der Waals surface area contributed by atoms with Crippen LogP contribution in [0.25, 0.3) is 0 Å². The van der Waals surface area contributed by atoms with Crippen LogP contribution in [0.4, 0.5) is 0 Å². The highest BCUT2D eigenvalue weighted by Gasteiger charge is 2.93. The second kappa shape index (κ2) is 14.1. The van der Waals surface area contributed by atoms with E-state index < -0.39 is 16.4 Å². The van der Waals surface area contributed by atoms with Gasteiger partial charge in [0, 0.05) is 55.2 Å². The third-order valence-corrected chi connectivity index (χ3v) is 20.1. The predicted octanol–water partition coefficient (Wildman–Crippen LogP) is 9.55. The van der Waals surface area contributed by atoms with Crippen LogP contribution in [0.1, 0.15) is 123 Å². The predicted molar refractivity (Wildman–Crippen MR) is 248 cm³/mol. The van der Waals surface area contributed by atoms with Crippen LogP contribution in [0, 0.1) is 52.3 Å². The molecule has 5 fully saturated rings. The van der Waals surface area contributed by atoms with Gasteiger partial charge in [-0.15, -0.1) is 0 Å². The molecule has 338 valence electrons. The van der Waals surface area contributed by atoms with E-state index in [1.54, 1.807) is 5.70 Å². The van der Waals surface area contributed by atoms with Crippen LogP contribution in [0.15, 0.2) is 100 Å². The monoisotopic (exact) mass is 871 g/mol. The molecule has 3 spiro atoms. The molecule has 12 atom stereocenters. The molecule has 2 aromatic carbocycles. The van der Waals surface area contributed by atoms with Crippen molar-refractivity contribution < 1.29 is 24.2 Å². The molecule has 6 aliphatic carbocycles. The number of allylic oxidation sites excluding steroid dienone is 5. The lowest BCUT2D eigenvalue weighted by Gasteiger charge is -2.71. The van der Waals surface area contributed by atoms with Gasteiger partial charge in [-0.1, -0.05) is 98.0 Å². The molecule has 9 aliphatic heterocycles. The van der Waals surface area contributed by atoms with Crippen molar-refractivity contribution in [1.82, 2.24) is 9.80 Å². The van der Waals surface area contributed by atoms with Gasteiger partial charge in [-0.05, 0) is 141 Å². The molecule has 3 saturated heterocycles. The van der Waals surface area contributed by atoms with Crippen LogP contribution in [0.2, 0.25) is 0 Å². The van der Waals surface area contributed by atoms with Crippen LogP contribution < -0.4 is 5.73 Å². The Labute approximate surface area is 384 Å².